The second kappa shape index (κ2) is 12.7. The highest BCUT2D eigenvalue weighted by molar-refractivity contribution is 6.17. The van der Waals surface area contributed by atoms with Gasteiger partial charge in [-0.2, -0.15) is 0 Å². The average molecular weight is 640 g/mol. The lowest BCUT2D eigenvalue weighted by Gasteiger charge is -2.37. The number of anilines is 2. The molecule has 8 aromatic carbocycles. The molecule has 1 heteroatoms. The van der Waals surface area contributed by atoms with Gasteiger partial charge in [0.25, 0.3) is 0 Å². The van der Waals surface area contributed by atoms with Crippen LogP contribution in [0, 0.1) is 5.92 Å². The third-order valence-electron chi connectivity index (χ3n) is 10.3. The topological polar surface area (TPSA) is 3.24 Å². The highest BCUT2D eigenvalue weighted by Gasteiger charge is 2.26. The lowest BCUT2D eigenvalue weighted by Crippen LogP contribution is -2.35. The van der Waals surface area contributed by atoms with Gasteiger partial charge in [0.05, 0.1) is 6.04 Å². The van der Waals surface area contributed by atoms with Crippen molar-refractivity contribution >= 4 is 49.3 Å². The molecule has 0 aliphatic heterocycles. The minimum Gasteiger partial charge on any atom is -0.334 e. The number of benzene rings is 8. The molecular formula is C49H37N. The Hall–Kier alpha value is -6.18. The molecule has 8 aromatic rings. The van der Waals surface area contributed by atoms with Gasteiger partial charge in [-0.15, -0.1) is 0 Å². The van der Waals surface area contributed by atoms with Crippen LogP contribution in [0.15, 0.2) is 194 Å². The van der Waals surface area contributed by atoms with Gasteiger partial charge in [0.2, 0.25) is 0 Å². The molecule has 0 aromatic heterocycles. The fourth-order valence-electron chi connectivity index (χ4n) is 7.73. The lowest BCUT2D eigenvalue weighted by atomic mass is 9.88. The summed E-state index contributed by atoms with van der Waals surface area (Å²) in [5, 5.41) is 7.68. The molecule has 1 aliphatic rings. The highest BCUT2D eigenvalue weighted by atomic mass is 15.2. The van der Waals surface area contributed by atoms with Crippen molar-refractivity contribution in [3.8, 4) is 22.3 Å². The first kappa shape index (κ1) is 29.9. The van der Waals surface area contributed by atoms with Crippen LogP contribution in [0.3, 0.4) is 0 Å². The zero-order valence-corrected chi connectivity index (χ0v) is 28.1. The van der Waals surface area contributed by atoms with Gasteiger partial charge >= 0.3 is 0 Å². The Morgan fingerprint density at radius 3 is 1.68 bits per heavy atom. The molecular weight excluding hydrogens is 603 g/mol. The summed E-state index contributed by atoms with van der Waals surface area (Å²) in [6, 6.07) is 64.3. The summed E-state index contributed by atoms with van der Waals surface area (Å²) in [6.07, 6.45) is 7.13. The number of hydrogen-bond acceptors (Lipinski definition) is 1. The molecule has 2 atom stereocenters. The maximum absolute atomic E-state index is 2.53. The molecule has 1 nitrogen and oxygen atoms in total. The van der Waals surface area contributed by atoms with E-state index in [0.29, 0.717) is 0 Å². The van der Waals surface area contributed by atoms with Crippen LogP contribution < -0.4 is 4.90 Å². The monoisotopic (exact) mass is 639 g/mol. The molecule has 0 N–H and O–H groups in total. The van der Waals surface area contributed by atoms with Gasteiger partial charge in [0.1, 0.15) is 0 Å². The molecule has 238 valence electrons. The molecule has 0 amide bonds. The van der Waals surface area contributed by atoms with Gasteiger partial charge in [0, 0.05) is 11.4 Å². The van der Waals surface area contributed by atoms with Crippen molar-refractivity contribution in [3.63, 3.8) is 0 Å². The van der Waals surface area contributed by atoms with Crippen LogP contribution in [0.1, 0.15) is 12.5 Å². The Kier molecular flexibility index (Phi) is 7.59. The van der Waals surface area contributed by atoms with E-state index in [1.54, 1.807) is 0 Å². The van der Waals surface area contributed by atoms with Crippen molar-refractivity contribution in [2.24, 2.45) is 5.92 Å². The zero-order chi connectivity index (χ0) is 33.4. The number of rotatable bonds is 6. The second-order valence-electron chi connectivity index (χ2n) is 13.4. The van der Waals surface area contributed by atoms with Crippen molar-refractivity contribution in [3.05, 3.63) is 200 Å². The van der Waals surface area contributed by atoms with E-state index in [2.05, 4.69) is 206 Å². The minimum atomic E-state index is 0.142. The van der Waals surface area contributed by atoms with E-state index in [-0.39, 0.29) is 12.0 Å². The first-order valence-corrected chi connectivity index (χ1v) is 17.5. The third kappa shape index (κ3) is 5.47. The molecule has 0 bridgehead atoms. The molecule has 0 fully saturated rings. The Bertz CT molecular complexity index is 2540. The first-order chi connectivity index (χ1) is 24.7. The largest absolute Gasteiger partial charge is 0.334 e. The van der Waals surface area contributed by atoms with Gasteiger partial charge in [-0.3, -0.25) is 0 Å². The van der Waals surface area contributed by atoms with Crippen molar-refractivity contribution in [1.82, 2.24) is 0 Å². The first-order valence-electron chi connectivity index (χ1n) is 17.5. The summed E-state index contributed by atoms with van der Waals surface area (Å²) in [5.41, 5.74) is 9.79. The third-order valence-corrected chi connectivity index (χ3v) is 10.3. The van der Waals surface area contributed by atoms with Gasteiger partial charge in [0.15, 0.2) is 0 Å². The molecule has 0 saturated heterocycles. The predicted octanol–water partition coefficient (Wildman–Crippen LogP) is 13.3. The summed E-state index contributed by atoms with van der Waals surface area (Å²) >= 11 is 0. The molecule has 0 spiro atoms. The van der Waals surface area contributed by atoms with E-state index in [1.807, 2.05) is 0 Å². The van der Waals surface area contributed by atoms with E-state index in [9.17, 15) is 0 Å². The average Bonchev–Trinajstić information content (AvgIpc) is 3.19. The van der Waals surface area contributed by atoms with Crippen LogP contribution in [-0.4, -0.2) is 6.04 Å². The van der Waals surface area contributed by atoms with E-state index < -0.39 is 0 Å². The molecule has 1 aliphatic carbocycles. The molecule has 0 radical (unpaired) electrons. The van der Waals surface area contributed by atoms with Gasteiger partial charge in [-0.05, 0) is 102 Å². The van der Waals surface area contributed by atoms with Crippen LogP contribution >= 0.6 is 0 Å². The Labute approximate surface area is 294 Å². The smallest absolute Gasteiger partial charge is 0.0585 e. The van der Waals surface area contributed by atoms with E-state index >= 15 is 0 Å². The van der Waals surface area contributed by atoms with Crippen molar-refractivity contribution < 1.29 is 0 Å². The van der Waals surface area contributed by atoms with Crippen LogP contribution in [0.4, 0.5) is 11.4 Å². The molecule has 0 saturated carbocycles. The lowest BCUT2D eigenvalue weighted by molar-refractivity contribution is 0.612. The second-order valence-corrected chi connectivity index (χ2v) is 13.4. The van der Waals surface area contributed by atoms with Crippen molar-refractivity contribution in [2.75, 3.05) is 4.90 Å². The predicted molar refractivity (Wildman–Crippen MR) is 215 cm³/mol. The highest BCUT2D eigenvalue weighted by Crippen LogP contribution is 2.40. The fraction of sp³-hybridized carbons (Fsp3) is 0.0612. The molecule has 50 heavy (non-hydrogen) atoms. The van der Waals surface area contributed by atoms with Gasteiger partial charge < -0.3 is 4.90 Å². The summed E-state index contributed by atoms with van der Waals surface area (Å²) in [7, 11) is 0. The standard InChI is InChI=1S/C49H37N/c1-34-31-42(36-13-6-3-7-14-36)24-30-49(34)50(43-25-19-37(20-26-43)41-17-10-16-40(32-41)35-11-4-2-5-12-35)44-27-21-39-23-28-46-45-18-9-8-15-38(45)22-29-47(46)48(39)33-44/h2-34,49H,1H3. The molecule has 0 heterocycles. The quantitative estimate of drug-likeness (QED) is 0.164. The summed E-state index contributed by atoms with van der Waals surface area (Å²) in [6.45, 7) is 2.34. The fourth-order valence-corrected chi connectivity index (χ4v) is 7.73. The Morgan fingerprint density at radius 1 is 0.400 bits per heavy atom. The minimum absolute atomic E-state index is 0.142. The van der Waals surface area contributed by atoms with Crippen LogP contribution in [0.5, 0.6) is 0 Å². The number of fused-ring (bicyclic) bond motifs is 5. The Balaban J connectivity index is 1.15. The van der Waals surface area contributed by atoms with E-state index in [0.717, 1.165) is 0 Å². The van der Waals surface area contributed by atoms with E-state index in [1.165, 1.54) is 77.1 Å². The Morgan fingerprint density at radius 2 is 0.960 bits per heavy atom. The van der Waals surface area contributed by atoms with Gasteiger partial charge in [-0.1, -0.05) is 171 Å². The molecule has 2 unspecified atom stereocenters. The van der Waals surface area contributed by atoms with E-state index in [4.69, 9.17) is 0 Å². The number of hydrogen-bond donors (Lipinski definition) is 0. The van der Waals surface area contributed by atoms with Crippen LogP contribution in [0.2, 0.25) is 0 Å². The SMILES string of the molecule is CC1C=C(c2ccccc2)C=CC1N(c1ccc(-c2cccc(-c3ccccc3)c2)cc1)c1ccc2ccc3c4ccccc4ccc3c2c1. The van der Waals surface area contributed by atoms with Crippen LogP contribution in [0.25, 0.3) is 60.1 Å². The molecule has 9 rings (SSSR count). The zero-order valence-electron chi connectivity index (χ0n) is 28.1. The normalized spacial score (nSPS) is 15.7. The van der Waals surface area contributed by atoms with Crippen molar-refractivity contribution in [1.29, 1.82) is 0 Å². The number of nitrogens with zero attached hydrogens (tertiary/aromatic N) is 1. The summed E-state index contributed by atoms with van der Waals surface area (Å²) < 4.78 is 0. The maximum Gasteiger partial charge on any atom is 0.0585 e. The van der Waals surface area contributed by atoms with Crippen LogP contribution in [-0.2, 0) is 0 Å². The number of allylic oxidation sites excluding steroid dienone is 2. The maximum atomic E-state index is 2.53. The summed E-state index contributed by atoms with van der Waals surface area (Å²) in [5.74, 6) is 0.282. The van der Waals surface area contributed by atoms with Gasteiger partial charge in [-0.25, -0.2) is 0 Å². The van der Waals surface area contributed by atoms with Crippen molar-refractivity contribution in [2.45, 2.75) is 13.0 Å². The summed E-state index contributed by atoms with van der Waals surface area (Å²) in [4.78, 5) is 2.53.